The van der Waals surface area contributed by atoms with Crippen molar-refractivity contribution in [2.24, 2.45) is 5.73 Å². The van der Waals surface area contributed by atoms with E-state index in [4.69, 9.17) is 5.73 Å². The first-order valence-electron chi connectivity index (χ1n) is 3.87. The van der Waals surface area contributed by atoms with E-state index < -0.39 is 0 Å². The SMILES string of the molecule is Cc1cc(C)c(NC(N)=S)c(O)c1. The van der Waals surface area contributed by atoms with Gasteiger partial charge in [0, 0.05) is 0 Å². The third-order valence-corrected chi connectivity index (χ3v) is 1.81. The summed E-state index contributed by atoms with van der Waals surface area (Å²) in [7, 11) is 0. The number of anilines is 1. The Bertz CT molecular complexity index is 326. The molecule has 70 valence electrons. The van der Waals surface area contributed by atoms with Gasteiger partial charge >= 0.3 is 0 Å². The number of benzene rings is 1. The van der Waals surface area contributed by atoms with E-state index in [2.05, 4.69) is 17.5 Å². The van der Waals surface area contributed by atoms with Crippen molar-refractivity contribution in [2.45, 2.75) is 13.8 Å². The minimum absolute atomic E-state index is 0.155. The molecule has 0 amide bonds. The Balaban J connectivity index is 3.13. The summed E-state index contributed by atoms with van der Waals surface area (Å²) in [4.78, 5) is 0. The number of nitrogens with two attached hydrogens (primary N) is 1. The molecule has 0 fully saturated rings. The molecule has 0 radical (unpaired) electrons. The van der Waals surface area contributed by atoms with Gasteiger partial charge in [0.1, 0.15) is 5.75 Å². The molecule has 3 nitrogen and oxygen atoms in total. The third-order valence-electron chi connectivity index (χ3n) is 1.71. The first-order chi connectivity index (χ1) is 6.00. The van der Waals surface area contributed by atoms with Crippen LogP contribution in [0.15, 0.2) is 12.1 Å². The van der Waals surface area contributed by atoms with Crippen LogP contribution in [0, 0.1) is 13.8 Å². The Morgan fingerprint density at radius 2 is 2.08 bits per heavy atom. The number of hydrogen-bond acceptors (Lipinski definition) is 2. The number of thiocarbonyl (C=S) groups is 1. The maximum atomic E-state index is 9.54. The van der Waals surface area contributed by atoms with Crippen molar-refractivity contribution in [3.63, 3.8) is 0 Å². The number of rotatable bonds is 1. The summed E-state index contributed by atoms with van der Waals surface area (Å²) in [6, 6.07) is 3.61. The van der Waals surface area contributed by atoms with Crippen LogP contribution in [0.3, 0.4) is 0 Å². The molecule has 1 aromatic carbocycles. The lowest BCUT2D eigenvalue weighted by Gasteiger charge is -2.10. The van der Waals surface area contributed by atoms with Gasteiger partial charge in [0.2, 0.25) is 0 Å². The van der Waals surface area contributed by atoms with Crippen LogP contribution in [0.1, 0.15) is 11.1 Å². The van der Waals surface area contributed by atoms with Crippen LogP contribution in [0.5, 0.6) is 5.75 Å². The van der Waals surface area contributed by atoms with E-state index in [9.17, 15) is 5.11 Å². The Labute approximate surface area is 82.6 Å². The Hall–Kier alpha value is -1.29. The number of phenols is 1. The standard InChI is InChI=1S/C9H12N2OS/c1-5-3-6(2)8(7(12)4-5)11-9(10)13/h3-4,12H,1-2H3,(H3,10,11,13). The van der Waals surface area contributed by atoms with E-state index >= 15 is 0 Å². The summed E-state index contributed by atoms with van der Waals surface area (Å²) < 4.78 is 0. The van der Waals surface area contributed by atoms with Crippen molar-refractivity contribution in [1.29, 1.82) is 0 Å². The molecule has 4 heteroatoms. The van der Waals surface area contributed by atoms with E-state index in [0.29, 0.717) is 5.69 Å². The van der Waals surface area contributed by atoms with Crippen LogP contribution in [0.2, 0.25) is 0 Å². The van der Waals surface area contributed by atoms with Crippen LogP contribution < -0.4 is 11.1 Å². The average molecular weight is 196 g/mol. The molecule has 0 saturated heterocycles. The van der Waals surface area contributed by atoms with E-state index in [0.717, 1.165) is 11.1 Å². The van der Waals surface area contributed by atoms with Gasteiger partial charge in [0.25, 0.3) is 0 Å². The number of phenolic OH excluding ortho intramolecular Hbond substituents is 1. The molecule has 0 aromatic heterocycles. The second-order valence-electron chi connectivity index (χ2n) is 2.97. The molecular weight excluding hydrogens is 184 g/mol. The van der Waals surface area contributed by atoms with Crippen molar-refractivity contribution in [3.8, 4) is 5.75 Å². The predicted molar refractivity (Wildman–Crippen MR) is 58.0 cm³/mol. The zero-order valence-electron chi connectivity index (χ0n) is 7.59. The van der Waals surface area contributed by atoms with Gasteiger partial charge in [-0.2, -0.15) is 0 Å². The van der Waals surface area contributed by atoms with Gasteiger partial charge in [0.05, 0.1) is 5.69 Å². The van der Waals surface area contributed by atoms with Gasteiger partial charge in [-0.25, -0.2) is 0 Å². The van der Waals surface area contributed by atoms with E-state index in [1.165, 1.54) is 0 Å². The van der Waals surface area contributed by atoms with Crippen molar-refractivity contribution >= 4 is 23.0 Å². The molecule has 0 atom stereocenters. The first-order valence-corrected chi connectivity index (χ1v) is 4.28. The van der Waals surface area contributed by atoms with Crippen LogP contribution in [-0.2, 0) is 0 Å². The van der Waals surface area contributed by atoms with Gasteiger partial charge in [-0.1, -0.05) is 6.07 Å². The topological polar surface area (TPSA) is 58.3 Å². The summed E-state index contributed by atoms with van der Waals surface area (Å²) >= 11 is 4.69. The molecular formula is C9H12N2OS. The van der Waals surface area contributed by atoms with Crippen LogP contribution in [-0.4, -0.2) is 10.2 Å². The summed E-state index contributed by atoms with van der Waals surface area (Å²) in [6.07, 6.45) is 0. The monoisotopic (exact) mass is 196 g/mol. The van der Waals surface area contributed by atoms with Crippen molar-refractivity contribution in [3.05, 3.63) is 23.3 Å². The predicted octanol–water partition coefficient (Wildman–Crippen LogP) is 1.66. The lowest BCUT2D eigenvalue weighted by atomic mass is 10.1. The molecule has 0 unspecified atom stereocenters. The Morgan fingerprint density at radius 1 is 1.46 bits per heavy atom. The zero-order chi connectivity index (χ0) is 10.0. The largest absolute Gasteiger partial charge is 0.506 e. The highest BCUT2D eigenvalue weighted by Crippen LogP contribution is 2.28. The second kappa shape index (κ2) is 3.62. The third kappa shape index (κ3) is 2.32. The lowest BCUT2D eigenvalue weighted by Crippen LogP contribution is -2.19. The summed E-state index contributed by atoms with van der Waals surface area (Å²) in [5.41, 5.74) is 7.82. The quantitative estimate of drug-likeness (QED) is 0.472. The molecule has 0 spiro atoms. The van der Waals surface area contributed by atoms with E-state index in [1.807, 2.05) is 19.9 Å². The lowest BCUT2D eigenvalue weighted by molar-refractivity contribution is 0.477. The van der Waals surface area contributed by atoms with Gasteiger partial charge in [-0.05, 0) is 43.3 Å². The van der Waals surface area contributed by atoms with Crippen LogP contribution in [0.4, 0.5) is 5.69 Å². The maximum absolute atomic E-state index is 9.54. The highest BCUT2D eigenvalue weighted by atomic mass is 32.1. The molecule has 0 aliphatic carbocycles. The smallest absolute Gasteiger partial charge is 0.168 e. The van der Waals surface area contributed by atoms with Crippen molar-refractivity contribution in [2.75, 3.05) is 5.32 Å². The fourth-order valence-corrected chi connectivity index (χ4v) is 1.33. The van der Waals surface area contributed by atoms with Gasteiger partial charge in [-0.3, -0.25) is 0 Å². The van der Waals surface area contributed by atoms with Crippen LogP contribution >= 0.6 is 12.2 Å². The molecule has 0 aliphatic heterocycles. The average Bonchev–Trinajstić information content (AvgIpc) is 1.96. The molecule has 4 N–H and O–H groups in total. The minimum atomic E-state index is 0.155. The Morgan fingerprint density at radius 3 is 2.54 bits per heavy atom. The van der Waals surface area contributed by atoms with Gasteiger partial charge in [-0.15, -0.1) is 0 Å². The molecule has 0 bridgehead atoms. The Kier molecular flexibility index (Phi) is 2.72. The van der Waals surface area contributed by atoms with Crippen molar-refractivity contribution in [1.82, 2.24) is 0 Å². The zero-order valence-corrected chi connectivity index (χ0v) is 8.40. The number of nitrogens with one attached hydrogen (secondary N) is 1. The normalized spacial score (nSPS) is 9.69. The van der Waals surface area contributed by atoms with Gasteiger partial charge in [0.15, 0.2) is 5.11 Å². The molecule has 0 aliphatic rings. The van der Waals surface area contributed by atoms with E-state index in [1.54, 1.807) is 6.07 Å². The first kappa shape index (κ1) is 9.80. The second-order valence-corrected chi connectivity index (χ2v) is 3.41. The molecule has 1 rings (SSSR count). The van der Waals surface area contributed by atoms with Gasteiger partial charge < -0.3 is 16.2 Å². The number of aryl methyl sites for hydroxylation is 2. The highest BCUT2D eigenvalue weighted by Gasteiger charge is 2.05. The van der Waals surface area contributed by atoms with Crippen molar-refractivity contribution < 1.29 is 5.11 Å². The summed E-state index contributed by atoms with van der Waals surface area (Å²) in [5.74, 6) is 0.172. The summed E-state index contributed by atoms with van der Waals surface area (Å²) in [5, 5.41) is 12.4. The molecule has 0 saturated carbocycles. The van der Waals surface area contributed by atoms with E-state index in [-0.39, 0.29) is 10.9 Å². The minimum Gasteiger partial charge on any atom is -0.506 e. The molecule has 0 heterocycles. The maximum Gasteiger partial charge on any atom is 0.168 e. The highest BCUT2D eigenvalue weighted by molar-refractivity contribution is 7.80. The van der Waals surface area contributed by atoms with Crippen LogP contribution in [0.25, 0.3) is 0 Å². The number of hydrogen-bond donors (Lipinski definition) is 3. The number of aromatic hydroxyl groups is 1. The fourth-order valence-electron chi connectivity index (χ4n) is 1.23. The summed E-state index contributed by atoms with van der Waals surface area (Å²) in [6.45, 7) is 3.80. The molecule has 1 aromatic rings. The molecule has 13 heavy (non-hydrogen) atoms. The fraction of sp³-hybridized carbons (Fsp3) is 0.222.